The van der Waals surface area contributed by atoms with Crippen LogP contribution >= 0.6 is 0 Å². The molecule has 0 spiro atoms. The molecule has 0 aliphatic carbocycles. The van der Waals surface area contributed by atoms with Crippen LogP contribution in [0.1, 0.15) is 31.1 Å². The molecule has 0 aliphatic heterocycles. The Morgan fingerprint density at radius 1 is 1.20 bits per heavy atom. The summed E-state index contributed by atoms with van der Waals surface area (Å²) in [7, 11) is 1.55. The van der Waals surface area contributed by atoms with Gasteiger partial charge in [-0.05, 0) is 39.0 Å². The highest BCUT2D eigenvalue weighted by atomic mass is 16.5. The second-order valence-electron chi connectivity index (χ2n) is 4.24. The van der Waals surface area contributed by atoms with E-state index in [4.69, 9.17) is 9.47 Å². The van der Waals surface area contributed by atoms with E-state index >= 15 is 0 Å². The molecule has 0 saturated heterocycles. The van der Waals surface area contributed by atoms with Gasteiger partial charge in [0, 0.05) is 5.56 Å². The Morgan fingerprint density at radius 2 is 1.87 bits per heavy atom. The number of carbonyl (C=O) groups excluding carboxylic acids is 1. The summed E-state index contributed by atoms with van der Waals surface area (Å²) in [5.41, 5.74) is 0.295. The summed E-state index contributed by atoms with van der Waals surface area (Å²) < 4.78 is 10.8. The molecule has 3 heteroatoms. The first-order valence-electron chi connectivity index (χ1n) is 4.78. The topological polar surface area (TPSA) is 35.5 Å². The van der Waals surface area contributed by atoms with Gasteiger partial charge in [-0.1, -0.05) is 0 Å². The molecule has 0 heterocycles. The fraction of sp³-hybridized carbons (Fsp3) is 0.417. The predicted molar refractivity (Wildman–Crippen MR) is 58.8 cm³/mol. The molecule has 0 bridgehead atoms. The first kappa shape index (κ1) is 11.6. The zero-order valence-corrected chi connectivity index (χ0v) is 9.53. The number of hydrogen-bond acceptors (Lipinski definition) is 3. The van der Waals surface area contributed by atoms with E-state index < -0.39 is 0 Å². The third-order valence-corrected chi connectivity index (χ3v) is 1.74. The maximum Gasteiger partial charge on any atom is 0.161 e. The lowest BCUT2D eigenvalue weighted by atomic mass is 10.1. The highest BCUT2D eigenvalue weighted by molar-refractivity contribution is 5.76. The minimum absolute atomic E-state index is 0.282. The van der Waals surface area contributed by atoms with E-state index in [0.717, 1.165) is 6.29 Å². The molecule has 3 nitrogen and oxygen atoms in total. The van der Waals surface area contributed by atoms with Crippen molar-refractivity contribution in [1.29, 1.82) is 0 Å². The number of hydrogen-bond donors (Lipinski definition) is 0. The van der Waals surface area contributed by atoms with Crippen molar-refractivity contribution in [2.75, 3.05) is 7.11 Å². The lowest BCUT2D eigenvalue weighted by molar-refractivity contribution is 0.112. The quantitative estimate of drug-likeness (QED) is 0.716. The van der Waals surface area contributed by atoms with Crippen LogP contribution in [0.3, 0.4) is 0 Å². The predicted octanol–water partition coefficient (Wildman–Crippen LogP) is 2.69. The van der Waals surface area contributed by atoms with Gasteiger partial charge in [0.2, 0.25) is 0 Å². The lowest BCUT2D eigenvalue weighted by Gasteiger charge is -2.22. The van der Waals surface area contributed by atoms with Crippen LogP contribution in [0.4, 0.5) is 0 Å². The largest absolute Gasteiger partial charge is 0.493 e. The van der Waals surface area contributed by atoms with Gasteiger partial charge in [-0.15, -0.1) is 0 Å². The molecule has 15 heavy (non-hydrogen) atoms. The summed E-state index contributed by atoms with van der Waals surface area (Å²) in [5, 5.41) is 0. The van der Waals surface area contributed by atoms with Gasteiger partial charge in [0.1, 0.15) is 11.9 Å². The van der Waals surface area contributed by atoms with Crippen molar-refractivity contribution in [2.24, 2.45) is 0 Å². The molecular weight excluding hydrogens is 192 g/mol. The summed E-state index contributed by atoms with van der Waals surface area (Å²) in [6.07, 6.45) is 0.781. The normalized spacial score (nSPS) is 10.9. The lowest BCUT2D eigenvalue weighted by Crippen LogP contribution is -2.23. The molecule has 1 rings (SSSR count). The molecule has 82 valence electrons. The van der Waals surface area contributed by atoms with E-state index in [0.29, 0.717) is 17.1 Å². The fourth-order valence-electron chi connectivity index (χ4n) is 1.17. The molecule has 0 fully saturated rings. The van der Waals surface area contributed by atoms with Crippen molar-refractivity contribution < 1.29 is 14.3 Å². The van der Waals surface area contributed by atoms with E-state index in [2.05, 4.69) is 0 Å². The zero-order chi connectivity index (χ0) is 11.5. The maximum atomic E-state index is 10.6. The zero-order valence-electron chi connectivity index (χ0n) is 9.53. The minimum Gasteiger partial charge on any atom is -0.493 e. The molecule has 0 N–H and O–H groups in total. The SMILES string of the molecule is COc1cc(C=O)ccc1OC(C)(C)C. The van der Waals surface area contributed by atoms with Gasteiger partial charge in [0.25, 0.3) is 0 Å². The van der Waals surface area contributed by atoms with Crippen LogP contribution in [0, 0.1) is 0 Å². The van der Waals surface area contributed by atoms with Crippen LogP contribution in [0.5, 0.6) is 11.5 Å². The first-order chi connectivity index (χ1) is 6.96. The molecule has 1 aromatic carbocycles. The summed E-state index contributed by atoms with van der Waals surface area (Å²) >= 11 is 0. The highest BCUT2D eigenvalue weighted by Gasteiger charge is 2.15. The van der Waals surface area contributed by atoms with Crippen molar-refractivity contribution in [3.63, 3.8) is 0 Å². The highest BCUT2D eigenvalue weighted by Crippen LogP contribution is 2.30. The standard InChI is InChI=1S/C12H16O3/c1-12(2,3)15-10-6-5-9(8-13)7-11(10)14-4/h5-8H,1-4H3. The number of aldehydes is 1. The van der Waals surface area contributed by atoms with E-state index in [1.54, 1.807) is 25.3 Å². The van der Waals surface area contributed by atoms with Gasteiger partial charge < -0.3 is 9.47 Å². The number of rotatable bonds is 3. The van der Waals surface area contributed by atoms with Crippen molar-refractivity contribution in [3.8, 4) is 11.5 Å². The maximum absolute atomic E-state index is 10.6. The van der Waals surface area contributed by atoms with Crippen LogP contribution in [-0.4, -0.2) is 19.0 Å². The number of benzene rings is 1. The monoisotopic (exact) mass is 208 g/mol. The Labute approximate surface area is 90.0 Å². The third kappa shape index (κ3) is 3.27. The van der Waals surface area contributed by atoms with Crippen molar-refractivity contribution in [3.05, 3.63) is 23.8 Å². The first-order valence-corrected chi connectivity index (χ1v) is 4.78. The Kier molecular flexibility index (Phi) is 3.35. The van der Waals surface area contributed by atoms with E-state index in [1.165, 1.54) is 0 Å². The average molecular weight is 208 g/mol. The summed E-state index contributed by atoms with van der Waals surface area (Å²) in [6.45, 7) is 5.88. The molecule has 0 aromatic heterocycles. The van der Waals surface area contributed by atoms with E-state index in [-0.39, 0.29) is 5.60 Å². The Morgan fingerprint density at radius 3 is 2.33 bits per heavy atom. The molecule has 0 saturated carbocycles. The molecule has 0 atom stereocenters. The third-order valence-electron chi connectivity index (χ3n) is 1.74. The van der Waals surface area contributed by atoms with Crippen molar-refractivity contribution in [1.82, 2.24) is 0 Å². The Balaban J connectivity index is 3.02. The Bertz CT molecular complexity index is 350. The average Bonchev–Trinajstić information content (AvgIpc) is 2.16. The molecule has 0 radical (unpaired) electrons. The van der Waals surface area contributed by atoms with Crippen molar-refractivity contribution >= 4 is 6.29 Å². The molecule has 0 amide bonds. The van der Waals surface area contributed by atoms with Gasteiger partial charge in [-0.3, -0.25) is 4.79 Å². The molecule has 1 aromatic rings. The molecule has 0 aliphatic rings. The van der Waals surface area contributed by atoms with E-state index in [9.17, 15) is 4.79 Å². The summed E-state index contributed by atoms with van der Waals surface area (Å²) in [5.74, 6) is 1.23. The smallest absolute Gasteiger partial charge is 0.161 e. The minimum atomic E-state index is -0.282. The van der Waals surface area contributed by atoms with Crippen LogP contribution in [0.15, 0.2) is 18.2 Å². The fourth-order valence-corrected chi connectivity index (χ4v) is 1.17. The van der Waals surface area contributed by atoms with Crippen LogP contribution < -0.4 is 9.47 Å². The molecular formula is C12H16O3. The van der Waals surface area contributed by atoms with Crippen LogP contribution in [0.2, 0.25) is 0 Å². The summed E-state index contributed by atoms with van der Waals surface area (Å²) in [6, 6.07) is 5.11. The summed E-state index contributed by atoms with van der Waals surface area (Å²) in [4.78, 5) is 10.6. The van der Waals surface area contributed by atoms with Gasteiger partial charge in [0.15, 0.2) is 11.5 Å². The van der Waals surface area contributed by atoms with Crippen LogP contribution in [0.25, 0.3) is 0 Å². The second kappa shape index (κ2) is 4.34. The van der Waals surface area contributed by atoms with Gasteiger partial charge in [-0.2, -0.15) is 0 Å². The number of ether oxygens (including phenoxy) is 2. The van der Waals surface area contributed by atoms with Crippen LogP contribution in [-0.2, 0) is 0 Å². The Hall–Kier alpha value is -1.51. The van der Waals surface area contributed by atoms with Gasteiger partial charge in [0.05, 0.1) is 7.11 Å². The number of carbonyl (C=O) groups is 1. The van der Waals surface area contributed by atoms with E-state index in [1.807, 2.05) is 20.8 Å². The molecule has 0 unspecified atom stereocenters. The van der Waals surface area contributed by atoms with Crippen molar-refractivity contribution in [2.45, 2.75) is 26.4 Å². The number of methoxy groups -OCH3 is 1. The van der Waals surface area contributed by atoms with Gasteiger partial charge >= 0.3 is 0 Å². The second-order valence-corrected chi connectivity index (χ2v) is 4.24. The van der Waals surface area contributed by atoms with Gasteiger partial charge in [-0.25, -0.2) is 0 Å².